The van der Waals surface area contributed by atoms with Gasteiger partial charge in [-0.05, 0) is 24.5 Å². The maximum Gasteiger partial charge on any atom is 0.122 e. The molecule has 1 aliphatic rings. The van der Waals surface area contributed by atoms with Crippen molar-refractivity contribution in [3.63, 3.8) is 0 Å². The summed E-state index contributed by atoms with van der Waals surface area (Å²) in [6.45, 7) is 2.75. The predicted molar refractivity (Wildman–Crippen MR) is 60.0 cm³/mol. The minimum Gasteiger partial charge on any atom is -0.493 e. The summed E-state index contributed by atoms with van der Waals surface area (Å²) in [4.78, 5) is 0. The van der Waals surface area contributed by atoms with Crippen molar-refractivity contribution in [1.82, 2.24) is 0 Å². The van der Waals surface area contributed by atoms with Crippen molar-refractivity contribution < 1.29 is 9.84 Å². The van der Waals surface area contributed by atoms with E-state index in [0.717, 1.165) is 25.0 Å². The molecule has 2 atom stereocenters. The van der Waals surface area contributed by atoms with Crippen LogP contribution in [-0.4, -0.2) is 17.8 Å². The average molecular weight is 206 g/mol. The predicted octanol–water partition coefficient (Wildman–Crippen LogP) is 2.40. The Morgan fingerprint density at radius 1 is 1.47 bits per heavy atom. The molecule has 1 aliphatic heterocycles. The van der Waals surface area contributed by atoms with E-state index >= 15 is 0 Å². The summed E-state index contributed by atoms with van der Waals surface area (Å²) >= 11 is 0. The van der Waals surface area contributed by atoms with Crippen LogP contribution in [0.25, 0.3) is 0 Å². The van der Waals surface area contributed by atoms with Crippen LogP contribution in [0, 0.1) is 5.92 Å². The second-order valence-corrected chi connectivity index (χ2v) is 4.24. The molecule has 82 valence electrons. The van der Waals surface area contributed by atoms with Crippen LogP contribution in [0.3, 0.4) is 0 Å². The number of rotatable bonds is 3. The van der Waals surface area contributed by atoms with Crippen molar-refractivity contribution >= 4 is 0 Å². The topological polar surface area (TPSA) is 29.5 Å². The van der Waals surface area contributed by atoms with Gasteiger partial charge in [0.25, 0.3) is 0 Å². The molecular weight excluding hydrogens is 188 g/mol. The first-order chi connectivity index (χ1) is 7.31. The molecule has 0 radical (unpaired) electrons. The third-order valence-corrected chi connectivity index (χ3v) is 3.04. The van der Waals surface area contributed by atoms with Crippen molar-refractivity contribution in [1.29, 1.82) is 0 Å². The van der Waals surface area contributed by atoms with Gasteiger partial charge in [0.1, 0.15) is 5.75 Å². The van der Waals surface area contributed by atoms with Gasteiger partial charge in [-0.25, -0.2) is 0 Å². The van der Waals surface area contributed by atoms with Gasteiger partial charge in [-0.2, -0.15) is 0 Å². The van der Waals surface area contributed by atoms with Gasteiger partial charge >= 0.3 is 0 Å². The minimum atomic E-state index is -0.219. The molecule has 2 nitrogen and oxygen atoms in total. The third kappa shape index (κ3) is 2.32. The van der Waals surface area contributed by atoms with E-state index in [4.69, 9.17) is 4.74 Å². The molecule has 2 heteroatoms. The highest BCUT2D eigenvalue weighted by atomic mass is 16.5. The highest BCUT2D eigenvalue weighted by Crippen LogP contribution is 2.29. The molecule has 1 heterocycles. The molecule has 1 aromatic carbocycles. The Labute approximate surface area is 90.9 Å². The zero-order valence-electron chi connectivity index (χ0n) is 9.15. The van der Waals surface area contributed by atoms with Gasteiger partial charge in [0, 0.05) is 5.92 Å². The minimum absolute atomic E-state index is 0.219. The first kappa shape index (κ1) is 10.5. The Hall–Kier alpha value is -1.02. The summed E-state index contributed by atoms with van der Waals surface area (Å²) in [6, 6.07) is 8.09. The van der Waals surface area contributed by atoms with Crippen LogP contribution in [0.5, 0.6) is 5.75 Å². The molecule has 0 fully saturated rings. The number of aliphatic hydroxyl groups excluding tert-OH is 1. The molecule has 0 aromatic heterocycles. The molecule has 0 saturated heterocycles. The molecule has 0 bridgehead atoms. The van der Waals surface area contributed by atoms with Crippen molar-refractivity contribution in [2.24, 2.45) is 5.92 Å². The molecule has 15 heavy (non-hydrogen) atoms. The van der Waals surface area contributed by atoms with Crippen LogP contribution >= 0.6 is 0 Å². The Bertz CT molecular complexity index is 322. The molecule has 1 N–H and O–H groups in total. The zero-order chi connectivity index (χ0) is 10.7. The normalized spacial score (nSPS) is 21.6. The van der Waals surface area contributed by atoms with E-state index in [2.05, 4.69) is 13.0 Å². The standard InChI is InChI=1S/C13H18O2/c1-2-5-12(14)11-8-10-6-3-4-7-13(10)15-9-11/h3-4,6-7,11-12,14H,2,5,8-9H2,1H3/t11?,12-/m0/s1. The lowest BCUT2D eigenvalue weighted by Crippen LogP contribution is -2.31. The van der Waals surface area contributed by atoms with Gasteiger partial charge in [-0.3, -0.25) is 0 Å². The van der Waals surface area contributed by atoms with E-state index in [9.17, 15) is 5.11 Å². The summed E-state index contributed by atoms with van der Waals surface area (Å²) < 4.78 is 5.64. The summed E-state index contributed by atoms with van der Waals surface area (Å²) in [5.74, 6) is 1.25. The van der Waals surface area contributed by atoms with Crippen molar-refractivity contribution in [3.05, 3.63) is 29.8 Å². The van der Waals surface area contributed by atoms with E-state index < -0.39 is 0 Å². The summed E-state index contributed by atoms with van der Waals surface area (Å²) in [5, 5.41) is 9.92. The van der Waals surface area contributed by atoms with E-state index in [1.807, 2.05) is 18.2 Å². The summed E-state index contributed by atoms with van der Waals surface area (Å²) in [5.41, 5.74) is 1.23. The fourth-order valence-electron chi connectivity index (χ4n) is 2.13. The number of benzene rings is 1. The largest absolute Gasteiger partial charge is 0.493 e. The highest BCUT2D eigenvalue weighted by Gasteiger charge is 2.25. The zero-order valence-corrected chi connectivity index (χ0v) is 9.15. The number of fused-ring (bicyclic) bond motifs is 1. The Balaban J connectivity index is 2.05. The number of para-hydroxylation sites is 1. The monoisotopic (exact) mass is 206 g/mol. The van der Waals surface area contributed by atoms with Gasteiger partial charge in [0.15, 0.2) is 0 Å². The van der Waals surface area contributed by atoms with Crippen molar-refractivity contribution in [3.8, 4) is 5.75 Å². The maximum atomic E-state index is 9.92. The SMILES string of the molecule is CCC[C@H](O)C1COc2ccccc2C1. The molecule has 2 rings (SSSR count). The van der Waals surface area contributed by atoms with Crippen LogP contribution in [0.4, 0.5) is 0 Å². The molecule has 0 amide bonds. The van der Waals surface area contributed by atoms with Crippen LogP contribution in [-0.2, 0) is 6.42 Å². The van der Waals surface area contributed by atoms with Gasteiger partial charge < -0.3 is 9.84 Å². The van der Waals surface area contributed by atoms with Crippen LogP contribution in [0.1, 0.15) is 25.3 Å². The number of hydrogen-bond donors (Lipinski definition) is 1. The fraction of sp³-hybridized carbons (Fsp3) is 0.538. The lowest BCUT2D eigenvalue weighted by Gasteiger charge is -2.28. The molecule has 0 spiro atoms. The molecular formula is C13H18O2. The van der Waals surface area contributed by atoms with Crippen molar-refractivity contribution in [2.75, 3.05) is 6.61 Å². The van der Waals surface area contributed by atoms with Gasteiger partial charge in [0.05, 0.1) is 12.7 Å². The van der Waals surface area contributed by atoms with Gasteiger partial charge in [-0.1, -0.05) is 31.5 Å². The van der Waals surface area contributed by atoms with Gasteiger partial charge in [0.2, 0.25) is 0 Å². The lowest BCUT2D eigenvalue weighted by atomic mass is 9.90. The molecule has 0 aliphatic carbocycles. The van der Waals surface area contributed by atoms with E-state index in [-0.39, 0.29) is 12.0 Å². The average Bonchev–Trinajstić information content (AvgIpc) is 2.29. The first-order valence-electron chi connectivity index (χ1n) is 5.70. The second kappa shape index (κ2) is 4.67. The van der Waals surface area contributed by atoms with Crippen LogP contribution in [0.2, 0.25) is 0 Å². The molecule has 1 aromatic rings. The second-order valence-electron chi connectivity index (χ2n) is 4.24. The maximum absolute atomic E-state index is 9.92. The number of hydrogen-bond acceptors (Lipinski definition) is 2. The lowest BCUT2D eigenvalue weighted by molar-refractivity contribution is 0.0582. The highest BCUT2D eigenvalue weighted by molar-refractivity contribution is 5.35. The van der Waals surface area contributed by atoms with Crippen molar-refractivity contribution in [2.45, 2.75) is 32.3 Å². The van der Waals surface area contributed by atoms with Crippen LogP contribution in [0.15, 0.2) is 24.3 Å². The van der Waals surface area contributed by atoms with Crippen LogP contribution < -0.4 is 4.74 Å². The fourth-order valence-corrected chi connectivity index (χ4v) is 2.13. The van der Waals surface area contributed by atoms with E-state index in [0.29, 0.717) is 6.61 Å². The van der Waals surface area contributed by atoms with Gasteiger partial charge in [-0.15, -0.1) is 0 Å². The number of aliphatic hydroxyl groups is 1. The smallest absolute Gasteiger partial charge is 0.122 e. The summed E-state index contributed by atoms with van der Waals surface area (Å²) in [7, 11) is 0. The number of ether oxygens (including phenoxy) is 1. The quantitative estimate of drug-likeness (QED) is 0.823. The molecule has 0 saturated carbocycles. The Morgan fingerprint density at radius 3 is 3.07 bits per heavy atom. The summed E-state index contributed by atoms with van der Waals surface area (Å²) in [6.07, 6.45) is 2.62. The van der Waals surface area contributed by atoms with E-state index in [1.54, 1.807) is 0 Å². The Kier molecular flexibility index (Phi) is 3.27. The first-order valence-corrected chi connectivity index (χ1v) is 5.70. The third-order valence-electron chi connectivity index (χ3n) is 3.04. The van der Waals surface area contributed by atoms with E-state index in [1.165, 1.54) is 5.56 Å². The molecule has 1 unspecified atom stereocenters. The Morgan fingerprint density at radius 2 is 2.27 bits per heavy atom.